The molecule has 3 aromatic rings. The number of likely N-dealkylation sites (tertiary alicyclic amines) is 1. The van der Waals surface area contributed by atoms with Gasteiger partial charge in [0, 0.05) is 24.5 Å². The summed E-state index contributed by atoms with van der Waals surface area (Å²) in [5.74, 6) is 1.94. The Morgan fingerprint density at radius 1 is 0.857 bits per heavy atom. The minimum atomic E-state index is 0.844. The van der Waals surface area contributed by atoms with Crippen LogP contribution in [0.3, 0.4) is 0 Å². The summed E-state index contributed by atoms with van der Waals surface area (Å²) in [7, 11) is 0. The van der Waals surface area contributed by atoms with Crippen LogP contribution in [0.4, 0.5) is 0 Å². The smallest absolute Gasteiger partial charge is 0.139 e. The van der Waals surface area contributed by atoms with Crippen LogP contribution in [0.2, 0.25) is 0 Å². The molecule has 146 valence electrons. The number of imidazole rings is 1. The summed E-state index contributed by atoms with van der Waals surface area (Å²) < 4.78 is 2.32. The highest BCUT2D eigenvalue weighted by Gasteiger charge is 2.19. The topological polar surface area (TPSA) is 21.1 Å². The number of aryl methyl sites for hydroxylation is 2. The molecule has 1 aromatic heterocycles. The first-order valence-corrected chi connectivity index (χ1v) is 10.7. The standard InChI is InChI=1S/C25H31N3/c1-3-8-22(9-4-1)10-7-17-27-18-13-23(14-19-27)15-20-28-21-16-26-25(28)24-11-5-2-6-12-24/h1-6,8-9,11-12,16,21,23H,7,10,13-15,17-20H2. The van der Waals surface area contributed by atoms with Gasteiger partial charge in [-0.25, -0.2) is 4.98 Å². The van der Waals surface area contributed by atoms with Crippen molar-refractivity contribution in [2.45, 2.75) is 38.6 Å². The zero-order valence-electron chi connectivity index (χ0n) is 16.7. The van der Waals surface area contributed by atoms with Crippen LogP contribution in [0.5, 0.6) is 0 Å². The lowest BCUT2D eigenvalue weighted by molar-refractivity contribution is 0.174. The number of hydrogen-bond donors (Lipinski definition) is 0. The van der Waals surface area contributed by atoms with Gasteiger partial charge >= 0.3 is 0 Å². The third-order valence-corrected chi connectivity index (χ3v) is 6.02. The van der Waals surface area contributed by atoms with Crippen LogP contribution in [0.25, 0.3) is 11.4 Å². The maximum absolute atomic E-state index is 4.58. The van der Waals surface area contributed by atoms with Gasteiger partial charge in [0.05, 0.1) is 0 Å². The van der Waals surface area contributed by atoms with Crippen LogP contribution in [-0.4, -0.2) is 34.1 Å². The van der Waals surface area contributed by atoms with Gasteiger partial charge in [0.2, 0.25) is 0 Å². The number of benzene rings is 2. The summed E-state index contributed by atoms with van der Waals surface area (Å²) in [6.45, 7) is 4.83. The van der Waals surface area contributed by atoms with Gasteiger partial charge in [-0.3, -0.25) is 0 Å². The molecule has 1 saturated heterocycles. The maximum Gasteiger partial charge on any atom is 0.139 e. The van der Waals surface area contributed by atoms with Crippen LogP contribution >= 0.6 is 0 Å². The second-order valence-electron chi connectivity index (χ2n) is 7.97. The van der Waals surface area contributed by atoms with Gasteiger partial charge < -0.3 is 9.47 Å². The Morgan fingerprint density at radius 2 is 1.57 bits per heavy atom. The lowest BCUT2D eigenvalue weighted by Crippen LogP contribution is -2.34. The molecule has 0 N–H and O–H groups in total. The number of hydrogen-bond acceptors (Lipinski definition) is 2. The molecule has 0 atom stereocenters. The van der Waals surface area contributed by atoms with Gasteiger partial charge in [0.15, 0.2) is 0 Å². The van der Waals surface area contributed by atoms with Crippen molar-refractivity contribution in [1.82, 2.24) is 14.5 Å². The number of piperidine rings is 1. The molecule has 1 fully saturated rings. The summed E-state index contributed by atoms with van der Waals surface area (Å²) in [6.07, 6.45) is 10.4. The van der Waals surface area contributed by atoms with Crippen LogP contribution in [0.15, 0.2) is 73.1 Å². The van der Waals surface area contributed by atoms with Gasteiger partial charge in [0.1, 0.15) is 5.82 Å². The first-order chi connectivity index (χ1) is 13.9. The molecular formula is C25H31N3. The highest BCUT2D eigenvalue weighted by molar-refractivity contribution is 5.55. The Bertz CT molecular complexity index is 817. The Morgan fingerprint density at radius 3 is 2.32 bits per heavy atom. The number of aromatic nitrogens is 2. The van der Waals surface area contributed by atoms with E-state index in [4.69, 9.17) is 0 Å². The molecule has 3 nitrogen and oxygen atoms in total. The van der Waals surface area contributed by atoms with Crippen molar-refractivity contribution in [3.63, 3.8) is 0 Å². The second kappa shape index (κ2) is 9.70. The predicted molar refractivity (Wildman–Crippen MR) is 116 cm³/mol. The molecule has 2 aromatic carbocycles. The lowest BCUT2D eigenvalue weighted by atomic mass is 9.93. The lowest BCUT2D eigenvalue weighted by Gasteiger charge is -2.32. The molecule has 1 aliphatic rings. The molecule has 0 amide bonds. The molecule has 2 heterocycles. The van der Waals surface area contributed by atoms with E-state index in [9.17, 15) is 0 Å². The van der Waals surface area contributed by atoms with Crippen molar-refractivity contribution in [3.8, 4) is 11.4 Å². The third-order valence-electron chi connectivity index (χ3n) is 6.02. The third kappa shape index (κ3) is 5.11. The van der Waals surface area contributed by atoms with Gasteiger partial charge in [-0.15, -0.1) is 0 Å². The summed E-state index contributed by atoms with van der Waals surface area (Å²) >= 11 is 0. The fourth-order valence-electron chi connectivity index (χ4n) is 4.31. The van der Waals surface area contributed by atoms with Gasteiger partial charge in [-0.05, 0) is 63.2 Å². The van der Waals surface area contributed by atoms with E-state index in [-0.39, 0.29) is 0 Å². The van der Waals surface area contributed by atoms with E-state index in [1.165, 1.54) is 62.9 Å². The molecule has 0 bridgehead atoms. The summed E-state index contributed by atoms with van der Waals surface area (Å²) in [6, 6.07) is 21.4. The molecule has 28 heavy (non-hydrogen) atoms. The van der Waals surface area contributed by atoms with Crippen LogP contribution in [0, 0.1) is 5.92 Å². The summed E-state index contributed by atoms with van der Waals surface area (Å²) in [5.41, 5.74) is 2.67. The van der Waals surface area contributed by atoms with Crippen LogP contribution in [-0.2, 0) is 13.0 Å². The molecule has 0 radical (unpaired) electrons. The molecule has 0 saturated carbocycles. The molecule has 4 rings (SSSR count). The van der Waals surface area contributed by atoms with E-state index in [1.807, 2.05) is 6.20 Å². The Labute approximate surface area is 169 Å². The van der Waals surface area contributed by atoms with Gasteiger partial charge in [-0.2, -0.15) is 0 Å². The normalized spacial score (nSPS) is 15.7. The monoisotopic (exact) mass is 373 g/mol. The fraction of sp³-hybridized carbons (Fsp3) is 0.400. The van der Waals surface area contributed by atoms with Gasteiger partial charge in [-0.1, -0.05) is 60.7 Å². The molecule has 0 unspecified atom stereocenters. The van der Waals surface area contributed by atoms with E-state index in [0.29, 0.717) is 0 Å². The van der Waals surface area contributed by atoms with Crippen LogP contribution < -0.4 is 0 Å². The largest absolute Gasteiger partial charge is 0.331 e. The molecule has 0 spiro atoms. The van der Waals surface area contributed by atoms with Crippen molar-refractivity contribution in [1.29, 1.82) is 0 Å². The SMILES string of the molecule is c1ccc(CCCN2CCC(CCn3ccnc3-c3ccccc3)CC2)cc1. The van der Waals surface area contributed by atoms with E-state index >= 15 is 0 Å². The highest BCUT2D eigenvalue weighted by Crippen LogP contribution is 2.23. The molecular weight excluding hydrogens is 342 g/mol. The van der Waals surface area contributed by atoms with E-state index < -0.39 is 0 Å². The van der Waals surface area contributed by atoms with E-state index in [1.54, 1.807) is 0 Å². The minimum absolute atomic E-state index is 0.844. The number of rotatable bonds is 8. The average molecular weight is 374 g/mol. The fourth-order valence-corrected chi connectivity index (χ4v) is 4.31. The van der Waals surface area contributed by atoms with E-state index in [0.717, 1.165) is 18.3 Å². The average Bonchev–Trinajstić information content (AvgIpc) is 3.23. The highest BCUT2D eigenvalue weighted by atomic mass is 15.1. The zero-order chi connectivity index (χ0) is 19.0. The van der Waals surface area contributed by atoms with Crippen molar-refractivity contribution in [2.75, 3.05) is 19.6 Å². The van der Waals surface area contributed by atoms with Crippen molar-refractivity contribution in [3.05, 3.63) is 78.6 Å². The minimum Gasteiger partial charge on any atom is -0.331 e. The summed E-state index contributed by atoms with van der Waals surface area (Å²) in [4.78, 5) is 7.23. The molecule has 0 aliphatic carbocycles. The molecule has 1 aliphatic heterocycles. The quantitative estimate of drug-likeness (QED) is 0.535. The second-order valence-corrected chi connectivity index (χ2v) is 7.97. The Hall–Kier alpha value is -2.39. The zero-order valence-corrected chi connectivity index (χ0v) is 16.7. The van der Waals surface area contributed by atoms with Gasteiger partial charge in [0.25, 0.3) is 0 Å². The first-order valence-electron chi connectivity index (χ1n) is 10.7. The van der Waals surface area contributed by atoms with Crippen molar-refractivity contribution < 1.29 is 0 Å². The van der Waals surface area contributed by atoms with Crippen molar-refractivity contribution in [2.24, 2.45) is 5.92 Å². The predicted octanol–water partition coefficient (Wildman–Crippen LogP) is 5.29. The Kier molecular flexibility index (Phi) is 6.56. The maximum atomic E-state index is 4.58. The molecule has 3 heteroatoms. The first kappa shape index (κ1) is 18.9. The summed E-state index contributed by atoms with van der Waals surface area (Å²) in [5, 5.41) is 0. The van der Waals surface area contributed by atoms with Crippen LogP contribution in [0.1, 0.15) is 31.2 Å². The number of nitrogens with zero attached hydrogens (tertiary/aromatic N) is 3. The van der Waals surface area contributed by atoms with E-state index in [2.05, 4.69) is 81.3 Å². The van der Waals surface area contributed by atoms with Crippen molar-refractivity contribution >= 4 is 0 Å². The Balaban J connectivity index is 1.19.